The predicted octanol–water partition coefficient (Wildman–Crippen LogP) is 5.75. The molecule has 1 amide bonds. The van der Waals surface area contributed by atoms with E-state index in [1.54, 1.807) is 7.11 Å². The predicted molar refractivity (Wildman–Crippen MR) is 120 cm³/mol. The van der Waals surface area contributed by atoms with Gasteiger partial charge in [-0.15, -0.1) is 0 Å². The molecule has 3 aromatic rings. The highest BCUT2D eigenvalue weighted by Crippen LogP contribution is 2.17. The van der Waals surface area contributed by atoms with Gasteiger partial charge in [0.1, 0.15) is 5.75 Å². The van der Waals surface area contributed by atoms with E-state index in [0.29, 0.717) is 12.1 Å². The molecule has 0 saturated heterocycles. The van der Waals surface area contributed by atoms with Crippen LogP contribution in [-0.2, 0) is 13.1 Å². The van der Waals surface area contributed by atoms with Crippen molar-refractivity contribution >= 4 is 21.8 Å². The van der Waals surface area contributed by atoms with E-state index in [4.69, 9.17) is 4.74 Å². The van der Waals surface area contributed by atoms with E-state index in [1.807, 2.05) is 35.2 Å². The fourth-order valence-electron chi connectivity index (χ4n) is 3.25. The van der Waals surface area contributed by atoms with Gasteiger partial charge in [0.25, 0.3) is 5.91 Å². The van der Waals surface area contributed by atoms with Crippen molar-refractivity contribution in [3.63, 3.8) is 0 Å². The molecule has 0 fully saturated rings. The number of unbranched alkanes of at least 4 members (excludes halogenated alkanes) is 1. The third-order valence-corrected chi connectivity index (χ3v) is 5.48. The number of methoxy groups -OCH3 is 1. The molecule has 0 aliphatic rings. The molecule has 0 aliphatic heterocycles. The lowest BCUT2D eigenvalue weighted by Gasteiger charge is -2.24. The average molecular weight is 455 g/mol. The van der Waals surface area contributed by atoms with Gasteiger partial charge in [0.05, 0.1) is 13.7 Å². The average Bonchev–Trinajstić information content (AvgIpc) is 3.18. The third-order valence-electron chi connectivity index (χ3n) is 4.95. The van der Waals surface area contributed by atoms with Gasteiger partial charge in [-0.1, -0.05) is 41.4 Å². The van der Waals surface area contributed by atoms with E-state index in [-0.39, 0.29) is 5.91 Å². The van der Waals surface area contributed by atoms with Crippen molar-refractivity contribution in [2.24, 2.45) is 0 Å². The minimum atomic E-state index is 0.0532. The van der Waals surface area contributed by atoms with Gasteiger partial charge in [0.15, 0.2) is 0 Å². The maximum Gasteiger partial charge on any atom is 0.254 e. The first kappa shape index (κ1) is 21.2. The summed E-state index contributed by atoms with van der Waals surface area (Å²) >= 11 is 3.48. The van der Waals surface area contributed by atoms with Crippen molar-refractivity contribution in [3.8, 4) is 5.75 Å². The Morgan fingerprint density at radius 3 is 2.45 bits per heavy atom. The molecule has 0 atom stereocenters. The minimum Gasteiger partial charge on any atom is -0.497 e. The largest absolute Gasteiger partial charge is 0.497 e. The number of rotatable bonds is 9. The van der Waals surface area contributed by atoms with Crippen LogP contribution < -0.4 is 4.74 Å². The zero-order valence-corrected chi connectivity index (χ0v) is 18.6. The van der Waals surface area contributed by atoms with Crippen LogP contribution in [0.15, 0.2) is 71.3 Å². The summed E-state index contributed by atoms with van der Waals surface area (Å²) in [6, 6.07) is 19.8. The van der Waals surface area contributed by atoms with Gasteiger partial charge in [0.2, 0.25) is 0 Å². The van der Waals surface area contributed by atoms with Crippen LogP contribution in [0.25, 0.3) is 0 Å². The Morgan fingerprint density at radius 2 is 1.79 bits per heavy atom. The summed E-state index contributed by atoms with van der Waals surface area (Å²) in [5.74, 6) is 0.808. The Labute approximate surface area is 181 Å². The van der Waals surface area contributed by atoms with Gasteiger partial charge >= 0.3 is 0 Å². The number of nitrogens with zero attached hydrogens (tertiary/aromatic N) is 2. The lowest BCUT2D eigenvalue weighted by Crippen LogP contribution is -2.32. The molecule has 0 spiro atoms. The Bertz CT molecular complexity index is 917. The van der Waals surface area contributed by atoms with E-state index < -0.39 is 0 Å². The number of carbonyl (C=O) groups excluding carboxylic acids is 1. The fourth-order valence-corrected chi connectivity index (χ4v) is 3.51. The van der Waals surface area contributed by atoms with Gasteiger partial charge in [-0.05, 0) is 60.5 Å². The number of halogens is 1. The van der Waals surface area contributed by atoms with Crippen LogP contribution in [0, 0.1) is 0 Å². The van der Waals surface area contributed by atoms with Crippen LogP contribution in [0.5, 0.6) is 5.75 Å². The van der Waals surface area contributed by atoms with Gasteiger partial charge in [-0.3, -0.25) is 4.79 Å². The smallest absolute Gasteiger partial charge is 0.254 e. The molecular formula is C24H27BrN2O2. The normalized spacial score (nSPS) is 10.7. The Morgan fingerprint density at radius 1 is 1.07 bits per heavy atom. The summed E-state index contributed by atoms with van der Waals surface area (Å²) in [4.78, 5) is 15.1. The molecule has 0 aliphatic carbocycles. The van der Waals surface area contributed by atoms with Crippen molar-refractivity contribution in [1.82, 2.24) is 9.47 Å². The van der Waals surface area contributed by atoms with E-state index >= 15 is 0 Å². The first-order valence-corrected chi connectivity index (χ1v) is 10.7. The van der Waals surface area contributed by atoms with Crippen LogP contribution >= 0.6 is 15.9 Å². The van der Waals surface area contributed by atoms with Gasteiger partial charge in [-0.2, -0.15) is 0 Å². The molecule has 5 heteroatoms. The van der Waals surface area contributed by atoms with Crippen molar-refractivity contribution < 1.29 is 9.53 Å². The maximum atomic E-state index is 13.2. The quantitative estimate of drug-likeness (QED) is 0.412. The highest BCUT2D eigenvalue weighted by molar-refractivity contribution is 9.10. The van der Waals surface area contributed by atoms with Crippen molar-refractivity contribution in [2.75, 3.05) is 13.7 Å². The van der Waals surface area contributed by atoms with Gasteiger partial charge in [-0.25, -0.2) is 0 Å². The van der Waals surface area contributed by atoms with Crippen LogP contribution in [0.3, 0.4) is 0 Å². The van der Waals surface area contributed by atoms with E-state index in [0.717, 1.165) is 41.8 Å². The molecule has 0 radical (unpaired) electrons. The second kappa shape index (κ2) is 10.3. The number of ether oxygens (including phenoxy) is 1. The Hall–Kier alpha value is -2.53. The molecule has 4 nitrogen and oxygen atoms in total. The second-order valence-corrected chi connectivity index (χ2v) is 7.98. The molecule has 0 bridgehead atoms. The zero-order valence-electron chi connectivity index (χ0n) is 17.0. The SMILES string of the molecule is CCCCN(Cc1cccn1Cc1ccc(Br)cc1)C(=O)c1ccc(OC)cc1. The molecule has 3 rings (SSSR count). The summed E-state index contributed by atoms with van der Waals surface area (Å²) in [7, 11) is 1.63. The summed E-state index contributed by atoms with van der Waals surface area (Å²) in [6.07, 6.45) is 4.11. The molecule has 0 saturated carbocycles. The number of hydrogen-bond acceptors (Lipinski definition) is 2. The Kier molecular flexibility index (Phi) is 7.53. The lowest BCUT2D eigenvalue weighted by molar-refractivity contribution is 0.0737. The monoisotopic (exact) mass is 454 g/mol. The number of carbonyl (C=O) groups is 1. The standard InChI is InChI=1S/C24H27BrN2O2/c1-3-4-15-27(24(28)20-9-13-23(29-2)14-10-20)18-22-6-5-16-26(22)17-19-7-11-21(25)12-8-19/h5-14,16H,3-4,15,17-18H2,1-2H3. The molecule has 0 N–H and O–H groups in total. The van der Waals surface area contributed by atoms with Crippen LogP contribution in [0.2, 0.25) is 0 Å². The minimum absolute atomic E-state index is 0.0532. The number of hydrogen-bond donors (Lipinski definition) is 0. The second-order valence-electron chi connectivity index (χ2n) is 7.06. The molecule has 1 aromatic heterocycles. The fraction of sp³-hybridized carbons (Fsp3) is 0.292. The summed E-state index contributed by atoms with van der Waals surface area (Å²) in [6.45, 7) is 4.26. The van der Waals surface area contributed by atoms with Gasteiger partial charge in [0, 0.05) is 35.0 Å². The molecule has 29 heavy (non-hydrogen) atoms. The number of amides is 1. The van der Waals surface area contributed by atoms with Crippen LogP contribution in [-0.4, -0.2) is 29.0 Å². The van der Waals surface area contributed by atoms with Crippen molar-refractivity contribution in [3.05, 3.63) is 88.2 Å². The molecular weight excluding hydrogens is 428 g/mol. The topological polar surface area (TPSA) is 34.5 Å². The highest BCUT2D eigenvalue weighted by Gasteiger charge is 2.17. The first-order chi connectivity index (χ1) is 14.1. The summed E-state index contributed by atoms with van der Waals surface area (Å²) in [5, 5.41) is 0. The number of aromatic nitrogens is 1. The van der Waals surface area contributed by atoms with Crippen molar-refractivity contribution in [1.29, 1.82) is 0 Å². The Balaban J connectivity index is 1.77. The zero-order chi connectivity index (χ0) is 20.6. The van der Waals surface area contributed by atoms with Crippen LogP contribution in [0.4, 0.5) is 0 Å². The summed E-state index contributed by atoms with van der Waals surface area (Å²) in [5.41, 5.74) is 3.05. The molecule has 152 valence electrons. The van der Waals surface area contributed by atoms with Gasteiger partial charge < -0.3 is 14.2 Å². The van der Waals surface area contributed by atoms with E-state index in [1.165, 1.54) is 5.56 Å². The first-order valence-electron chi connectivity index (χ1n) is 9.92. The third kappa shape index (κ3) is 5.73. The molecule has 1 heterocycles. The summed E-state index contributed by atoms with van der Waals surface area (Å²) < 4.78 is 8.49. The molecule has 2 aromatic carbocycles. The molecule has 0 unspecified atom stereocenters. The van der Waals surface area contributed by atoms with E-state index in [2.05, 4.69) is 63.9 Å². The number of benzene rings is 2. The highest BCUT2D eigenvalue weighted by atomic mass is 79.9. The van der Waals surface area contributed by atoms with Crippen molar-refractivity contribution in [2.45, 2.75) is 32.9 Å². The lowest BCUT2D eigenvalue weighted by atomic mass is 10.1. The van der Waals surface area contributed by atoms with Crippen LogP contribution in [0.1, 0.15) is 41.4 Å². The van der Waals surface area contributed by atoms with E-state index in [9.17, 15) is 4.79 Å². The maximum absolute atomic E-state index is 13.2.